The summed E-state index contributed by atoms with van der Waals surface area (Å²) in [6.45, 7) is 5.30. The fourth-order valence-corrected chi connectivity index (χ4v) is 4.18. The molecule has 0 amide bonds. The number of pyridine rings is 2. The molecular formula is C26H24FN7O. The summed E-state index contributed by atoms with van der Waals surface area (Å²) in [5.74, 6) is 2.37. The summed E-state index contributed by atoms with van der Waals surface area (Å²) in [5, 5.41) is 6.94. The van der Waals surface area contributed by atoms with Crippen LogP contribution in [0.1, 0.15) is 16.8 Å². The fourth-order valence-electron chi connectivity index (χ4n) is 4.18. The number of terminal acetylenes is 1. The summed E-state index contributed by atoms with van der Waals surface area (Å²) in [6, 6.07) is 10.3. The summed E-state index contributed by atoms with van der Waals surface area (Å²) in [7, 11) is 0. The number of halogens is 1. The van der Waals surface area contributed by atoms with E-state index in [1.54, 1.807) is 30.6 Å². The van der Waals surface area contributed by atoms with Crippen LogP contribution in [0.25, 0.3) is 11.0 Å². The number of nitrogens with one attached hydrogen (secondary N) is 2. The van der Waals surface area contributed by atoms with Crippen LogP contribution in [-0.2, 0) is 6.54 Å². The molecule has 1 aromatic carbocycles. The smallest absolute Gasteiger partial charge is 0.268 e. The molecule has 1 aliphatic rings. The quantitative estimate of drug-likeness (QED) is 0.435. The zero-order valence-corrected chi connectivity index (χ0v) is 19.3. The summed E-state index contributed by atoms with van der Waals surface area (Å²) in [4.78, 5) is 28.4. The molecular weight excluding hydrogens is 445 g/mol. The van der Waals surface area contributed by atoms with E-state index >= 15 is 0 Å². The maximum absolute atomic E-state index is 14.9. The zero-order valence-electron chi connectivity index (χ0n) is 19.3. The average Bonchev–Trinajstić information content (AvgIpc) is 2.87. The topological polar surface area (TPSA) is 88.0 Å². The van der Waals surface area contributed by atoms with Gasteiger partial charge in [0.25, 0.3) is 5.56 Å². The van der Waals surface area contributed by atoms with E-state index in [9.17, 15) is 9.18 Å². The predicted molar refractivity (Wildman–Crippen MR) is 135 cm³/mol. The van der Waals surface area contributed by atoms with E-state index in [-0.39, 0.29) is 29.4 Å². The molecule has 1 aliphatic heterocycles. The minimum atomic E-state index is -0.332. The minimum Gasteiger partial charge on any atom is -0.367 e. The van der Waals surface area contributed by atoms with Gasteiger partial charge in [-0.15, -0.1) is 6.42 Å². The molecule has 0 bridgehead atoms. The van der Waals surface area contributed by atoms with Gasteiger partial charge in [-0.3, -0.25) is 14.3 Å². The molecule has 3 aromatic heterocycles. The molecule has 0 atom stereocenters. The van der Waals surface area contributed by atoms with E-state index in [1.807, 2.05) is 24.0 Å². The van der Waals surface area contributed by atoms with Gasteiger partial charge < -0.3 is 15.5 Å². The summed E-state index contributed by atoms with van der Waals surface area (Å²) in [5.41, 5.74) is 3.07. The Labute approximate surface area is 201 Å². The lowest BCUT2D eigenvalue weighted by molar-refractivity contribution is 0.566. The van der Waals surface area contributed by atoms with Crippen LogP contribution in [0.4, 0.5) is 21.7 Å². The molecule has 0 aliphatic carbocycles. The summed E-state index contributed by atoms with van der Waals surface area (Å²) in [6.07, 6.45) is 8.85. The van der Waals surface area contributed by atoms with E-state index in [2.05, 4.69) is 31.5 Å². The SMILES string of the molecule is C#Cc1cc2cnc(Nc3ccc(N4CCNCC4)c(F)c3)nc2n(Cc2ncccc2C)c1=O. The number of benzene rings is 1. The molecule has 2 N–H and O–H groups in total. The van der Waals surface area contributed by atoms with Gasteiger partial charge in [-0.1, -0.05) is 12.0 Å². The van der Waals surface area contributed by atoms with Crippen molar-refractivity contribution in [3.8, 4) is 12.3 Å². The lowest BCUT2D eigenvalue weighted by Gasteiger charge is -2.29. The Morgan fingerprint density at radius 1 is 1.20 bits per heavy atom. The van der Waals surface area contributed by atoms with Crippen molar-refractivity contribution in [3.63, 3.8) is 0 Å². The van der Waals surface area contributed by atoms with Crippen LogP contribution >= 0.6 is 0 Å². The van der Waals surface area contributed by atoms with Crippen molar-refractivity contribution in [3.05, 3.63) is 81.8 Å². The van der Waals surface area contributed by atoms with Crippen molar-refractivity contribution in [1.82, 2.24) is 24.8 Å². The third kappa shape index (κ3) is 4.56. The number of nitrogens with zero attached hydrogens (tertiary/aromatic N) is 5. The molecule has 4 aromatic rings. The molecule has 35 heavy (non-hydrogen) atoms. The van der Waals surface area contributed by atoms with Gasteiger partial charge in [0.2, 0.25) is 5.95 Å². The van der Waals surface area contributed by atoms with Gasteiger partial charge in [-0.2, -0.15) is 4.98 Å². The molecule has 8 nitrogen and oxygen atoms in total. The third-order valence-electron chi connectivity index (χ3n) is 6.07. The van der Waals surface area contributed by atoms with Crippen molar-refractivity contribution in [2.75, 3.05) is 36.4 Å². The summed E-state index contributed by atoms with van der Waals surface area (Å²) >= 11 is 0. The Morgan fingerprint density at radius 3 is 2.77 bits per heavy atom. The summed E-state index contributed by atoms with van der Waals surface area (Å²) < 4.78 is 16.4. The lowest BCUT2D eigenvalue weighted by Crippen LogP contribution is -2.43. The van der Waals surface area contributed by atoms with Crippen LogP contribution in [0.5, 0.6) is 0 Å². The Kier molecular flexibility index (Phi) is 6.12. The van der Waals surface area contributed by atoms with Crippen molar-refractivity contribution in [2.24, 2.45) is 0 Å². The lowest BCUT2D eigenvalue weighted by atomic mass is 10.2. The van der Waals surface area contributed by atoms with Crippen molar-refractivity contribution in [2.45, 2.75) is 13.5 Å². The monoisotopic (exact) mass is 469 g/mol. The average molecular weight is 470 g/mol. The fraction of sp³-hybridized carbons (Fsp3) is 0.231. The second-order valence-corrected chi connectivity index (χ2v) is 8.36. The van der Waals surface area contributed by atoms with Crippen LogP contribution in [0.3, 0.4) is 0 Å². The second-order valence-electron chi connectivity index (χ2n) is 8.36. The number of fused-ring (bicyclic) bond motifs is 1. The molecule has 4 heterocycles. The van der Waals surface area contributed by atoms with Crippen LogP contribution < -0.4 is 21.1 Å². The predicted octanol–water partition coefficient (Wildman–Crippen LogP) is 2.82. The zero-order chi connectivity index (χ0) is 24.4. The van der Waals surface area contributed by atoms with E-state index in [1.165, 1.54) is 10.6 Å². The van der Waals surface area contributed by atoms with Gasteiger partial charge in [0, 0.05) is 49.6 Å². The Bertz CT molecular complexity index is 1500. The molecule has 0 saturated carbocycles. The first-order chi connectivity index (χ1) is 17.0. The Balaban J connectivity index is 1.50. The first-order valence-electron chi connectivity index (χ1n) is 11.3. The first-order valence-corrected chi connectivity index (χ1v) is 11.3. The van der Waals surface area contributed by atoms with Gasteiger partial charge in [-0.05, 0) is 42.8 Å². The standard InChI is InChI=1S/C26H24FN7O/c1-3-18-13-19-15-30-26(31-20-6-7-23(21(27)14-20)33-11-9-28-10-12-33)32-24(19)34(25(18)35)16-22-17(2)5-4-8-29-22/h1,4-8,13-15,28H,9-12,16H2,2H3,(H,30,31,32). The van der Waals surface area contributed by atoms with Crippen LogP contribution in [0.2, 0.25) is 0 Å². The highest BCUT2D eigenvalue weighted by molar-refractivity contribution is 5.77. The van der Waals surface area contributed by atoms with E-state index < -0.39 is 0 Å². The van der Waals surface area contributed by atoms with E-state index in [4.69, 9.17) is 6.42 Å². The highest BCUT2D eigenvalue weighted by atomic mass is 19.1. The van der Waals surface area contributed by atoms with Crippen LogP contribution in [-0.4, -0.2) is 45.7 Å². The number of rotatable bonds is 5. The third-order valence-corrected chi connectivity index (χ3v) is 6.07. The van der Waals surface area contributed by atoms with E-state index in [0.717, 1.165) is 37.4 Å². The molecule has 0 spiro atoms. The van der Waals surface area contributed by atoms with Crippen molar-refractivity contribution in [1.29, 1.82) is 0 Å². The molecule has 1 fully saturated rings. The van der Waals surface area contributed by atoms with Gasteiger partial charge in [0.15, 0.2) is 0 Å². The number of aryl methyl sites for hydroxylation is 1. The largest absolute Gasteiger partial charge is 0.367 e. The molecule has 176 valence electrons. The van der Waals surface area contributed by atoms with E-state index in [0.29, 0.717) is 22.4 Å². The second kappa shape index (κ2) is 9.52. The molecule has 0 radical (unpaired) electrons. The number of piperazine rings is 1. The number of anilines is 3. The maximum Gasteiger partial charge on any atom is 0.268 e. The molecule has 1 saturated heterocycles. The Morgan fingerprint density at radius 2 is 2.03 bits per heavy atom. The Hall–Kier alpha value is -4.29. The minimum absolute atomic E-state index is 0.210. The van der Waals surface area contributed by atoms with Crippen molar-refractivity contribution >= 4 is 28.4 Å². The number of aromatic nitrogens is 4. The van der Waals surface area contributed by atoms with Crippen LogP contribution in [0, 0.1) is 25.1 Å². The highest BCUT2D eigenvalue weighted by Gasteiger charge is 2.16. The molecule has 9 heteroatoms. The molecule has 0 unspecified atom stereocenters. The first kappa shape index (κ1) is 22.5. The van der Waals surface area contributed by atoms with Crippen molar-refractivity contribution < 1.29 is 4.39 Å². The van der Waals surface area contributed by atoms with Gasteiger partial charge in [0.05, 0.1) is 23.5 Å². The highest BCUT2D eigenvalue weighted by Crippen LogP contribution is 2.25. The van der Waals surface area contributed by atoms with Crippen LogP contribution in [0.15, 0.2) is 53.6 Å². The van der Waals surface area contributed by atoms with Gasteiger partial charge in [-0.25, -0.2) is 9.37 Å². The normalized spacial score (nSPS) is 13.6. The molecule has 5 rings (SSSR count). The van der Waals surface area contributed by atoms with Gasteiger partial charge >= 0.3 is 0 Å². The number of hydrogen-bond donors (Lipinski definition) is 2. The maximum atomic E-state index is 14.9. The number of hydrogen-bond acceptors (Lipinski definition) is 7. The van der Waals surface area contributed by atoms with Gasteiger partial charge in [0.1, 0.15) is 11.5 Å².